The molecule has 2 atom stereocenters. The number of carbonyl (C=O) groups is 2. The molecule has 1 aliphatic rings. The number of primary amides is 1. The van der Waals surface area contributed by atoms with Crippen LogP contribution in [0.4, 0.5) is 0 Å². The quantitative estimate of drug-likeness (QED) is 0.433. The Labute approximate surface area is 213 Å². The Morgan fingerprint density at radius 1 is 1.06 bits per heavy atom. The zero-order valence-corrected chi connectivity index (χ0v) is 21.8. The molecule has 36 heavy (non-hydrogen) atoms. The van der Waals surface area contributed by atoms with Gasteiger partial charge in [0.2, 0.25) is 5.91 Å². The summed E-state index contributed by atoms with van der Waals surface area (Å²) in [6, 6.07) is 10.2. The summed E-state index contributed by atoms with van der Waals surface area (Å²) in [5.74, 6) is -2.24. The van der Waals surface area contributed by atoms with Gasteiger partial charge in [0.05, 0.1) is 28.8 Å². The number of nitrogens with two attached hydrogens (primary N) is 1. The lowest BCUT2D eigenvalue weighted by molar-refractivity contribution is -0.123. The summed E-state index contributed by atoms with van der Waals surface area (Å²) in [6.07, 6.45) is 5.44. The summed E-state index contributed by atoms with van der Waals surface area (Å²) in [5.41, 5.74) is 5.87. The molecule has 2 heterocycles. The number of nitrogens with zero attached hydrogens (tertiary/aromatic N) is 2. The van der Waals surface area contributed by atoms with Crippen LogP contribution in [0.2, 0.25) is 0 Å². The number of hydrogen-bond donors (Lipinski definition) is 2. The molecule has 2 aromatic rings. The van der Waals surface area contributed by atoms with Crippen molar-refractivity contribution in [1.82, 2.24) is 15.3 Å². The molecule has 0 spiro atoms. The minimum absolute atomic E-state index is 0.0231. The van der Waals surface area contributed by atoms with Crippen molar-refractivity contribution in [1.29, 1.82) is 0 Å². The first-order valence-corrected chi connectivity index (χ1v) is 12.4. The van der Waals surface area contributed by atoms with Gasteiger partial charge in [-0.25, -0.2) is 4.98 Å². The van der Waals surface area contributed by atoms with E-state index >= 15 is 0 Å². The summed E-state index contributed by atoms with van der Waals surface area (Å²) in [6.45, 7) is 8.22. The number of hydrogen-bond acceptors (Lipinski definition) is 7. The SMILES string of the molecule is COCC[C@@H](C(=O)N[C@@H](CCCc1ccccc1)B1OC(C)(C)C(C)(C)O1)c1nccnc1C(N)=O. The lowest BCUT2D eigenvalue weighted by Gasteiger charge is -2.32. The Balaban J connectivity index is 1.83. The molecular weight excluding hydrogens is 459 g/mol. The van der Waals surface area contributed by atoms with Crippen molar-refractivity contribution >= 4 is 18.9 Å². The van der Waals surface area contributed by atoms with Gasteiger partial charge >= 0.3 is 7.12 Å². The number of methoxy groups -OCH3 is 1. The van der Waals surface area contributed by atoms with Crippen molar-refractivity contribution in [3.63, 3.8) is 0 Å². The first-order valence-electron chi connectivity index (χ1n) is 12.4. The maximum atomic E-state index is 13.6. The third-order valence-corrected chi connectivity index (χ3v) is 6.97. The second kappa shape index (κ2) is 11.9. The van der Waals surface area contributed by atoms with Gasteiger partial charge in [-0.3, -0.25) is 14.6 Å². The fourth-order valence-electron chi connectivity index (χ4n) is 4.20. The Morgan fingerprint density at radius 2 is 1.69 bits per heavy atom. The van der Waals surface area contributed by atoms with Crippen LogP contribution in [0.15, 0.2) is 42.7 Å². The number of carbonyl (C=O) groups excluding carboxylic acids is 2. The molecule has 3 N–H and O–H groups in total. The van der Waals surface area contributed by atoms with Crippen LogP contribution in [-0.2, 0) is 25.3 Å². The van der Waals surface area contributed by atoms with E-state index in [2.05, 4.69) is 27.4 Å². The molecule has 1 aliphatic heterocycles. The van der Waals surface area contributed by atoms with Gasteiger partial charge in [0.25, 0.3) is 5.91 Å². The smallest absolute Gasteiger partial charge is 0.402 e. The van der Waals surface area contributed by atoms with Gasteiger partial charge in [-0.05, 0) is 58.9 Å². The van der Waals surface area contributed by atoms with Gasteiger partial charge < -0.3 is 25.1 Å². The summed E-state index contributed by atoms with van der Waals surface area (Å²) < 4.78 is 17.8. The Kier molecular flexibility index (Phi) is 9.21. The van der Waals surface area contributed by atoms with E-state index in [-0.39, 0.29) is 17.3 Å². The van der Waals surface area contributed by atoms with E-state index in [9.17, 15) is 9.59 Å². The van der Waals surface area contributed by atoms with Gasteiger partial charge in [-0.15, -0.1) is 0 Å². The largest absolute Gasteiger partial charge is 0.481 e. The van der Waals surface area contributed by atoms with Crippen LogP contribution < -0.4 is 11.1 Å². The molecule has 0 aliphatic carbocycles. The van der Waals surface area contributed by atoms with Gasteiger partial charge in [-0.2, -0.15) is 0 Å². The predicted molar refractivity (Wildman–Crippen MR) is 137 cm³/mol. The lowest BCUT2D eigenvalue weighted by Crippen LogP contribution is -2.49. The molecule has 3 rings (SSSR count). The highest BCUT2D eigenvalue weighted by Gasteiger charge is 2.54. The molecule has 1 aromatic heterocycles. The maximum Gasteiger partial charge on any atom is 0.481 e. The van der Waals surface area contributed by atoms with Gasteiger partial charge in [0.1, 0.15) is 5.69 Å². The Hall–Kier alpha value is -2.82. The second-order valence-corrected chi connectivity index (χ2v) is 10.1. The van der Waals surface area contributed by atoms with Gasteiger partial charge in [0, 0.05) is 26.1 Å². The van der Waals surface area contributed by atoms with Crippen molar-refractivity contribution in [2.75, 3.05) is 13.7 Å². The third-order valence-electron chi connectivity index (χ3n) is 6.97. The van der Waals surface area contributed by atoms with Crippen molar-refractivity contribution in [2.45, 2.75) is 76.4 Å². The molecule has 1 saturated heterocycles. The number of nitrogens with one attached hydrogen (secondary N) is 1. The maximum absolute atomic E-state index is 13.6. The zero-order valence-electron chi connectivity index (χ0n) is 21.8. The molecule has 0 bridgehead atoms. The molecule has 0 unspecified atom stereocenters. The van der Waals surface area contributed by atoms with Crippen LogP contribution >= 0.6 is 0 Å². The molecule has 9 nitrogen and oxygen atoms in total. The van der Waals surface area contributed by atoms with E-state index in [0.717, 1.165) is 12.8 Å². The average Bonchev–Trinajstić information content (AvgIpc) is 3.06. The fourth-order valence-corrected chi connectivity index (χ4v) is 4.20. The predicted octanol–water partition coefficient (Wildman–Crippen LogP) is 2.83. The minimum atomic E-state index is -0.778. The van der Waals surface area contributed by atoms with Crippen LogP contribution in [0.1, 0.15) is 74.6 Å². The zero-order chi connectivity index (χ0) is 26.3. The normalized spacial score (nSPS) is 18.0. The number of amides is 2. The summed E-state index contributed by atoms with van der Waals surface area (Å²) in [4.78, 5) is 34.0. The van der Waals surface area contributed by atoms with Crippen LogP contribution in [0.25, 0.3) is 0 Å². The van der Waals surface area contributed by atoms with Crippen LogP contribution in [0, 0.1) is 0 Å². The Morgan fingerprint density at radius 3 is 2.31 bits per heavy atom. The molecule has 0 saturated carbocycles. The van der Waals surface area contributed by atoms with E-state index < -0.39 is 36.1 Å². The lowest BCUT2D eigenvalue weighted by atomic mass is 9.74. The van der Waals surface area contributed by atoms with Gasteiger partial charge in [0.15, 0.2) is 0 Å². The molecule has 194 valence electrons. The average molecular weight is 496 g/mol. The highest BCUT2D eigenvalue weighted by atomic mass is 16.7. The van der Waals surface area contributed by atoms with E-state index in [1.54, 1.807) is 7.11 Å². The molecular formula is C26H37BN4O5. The topological polar surface area (TPSA) is 126 Å². The second-order valence-electron chi connectivity index (χ2n) is 10.1. The summed E-state index contributed by atoms with van der Waals surface area (Å²) in [5, 5.41) is 3.13. The monoisotopic (exact) mass is 496 g/mol. The highest BCUT2D eigenvalue weighted by molar-refractivity contribution is 6.48. The first kappa shape index (κ1) is 27.8. The molecule has 0 radical (unpaired) electrons. The molecule has 10 heteroatoms. The summed E-state index contributed by atoms with van der Waals surface area (Å²) in [7, 11) is 0.924. The number of ether oxygens (including phenoxy) is 1. The van der Waals surface area contributed by atoms with Crippen molar-refractivity contribution in [3.05, 3.63) is 59.7 Å². The summed E-state index contributed by atoms with van der Waals surface area (Å²) >= 11 is 0. The van der Waals surface area contributed by atoms with E-state index in [1.807, 2.05) is 45.9 Å². The van der Waals surface area contributed by atoms with E-state index in [4.69, 9.17) is 19.8 Å². The van der Waals surface area contributed by atoms with Crippen LogP contribution in [0.3, 0.4) is 0 Å². The van der Waals surface area contributed by atoms with E-state index in [0.29, 0.717) is 19.4 Å². The molecule has 2 amide bonds. The van der Waals surface area contributed by atoms with Crippen molar-refractivity contribution < 1.29 is 23.6 Å². The number of aryl methyl sites for hydroxylation is 1. The van der Waals surface area contributed by atoms with Crippen LogP contribution in [-0.4, -0.2) is 59.8 Å². The fraction of sp³-hybridized carbons (Fsp3) is 0.538. The molecule has 1 aromatic carbocycles. The van der Waals surface area contributed by atoms with Gasteiger partial charge in [-0.1, -0.05) is 30.3 Å². The third kappa shape index (κ3) is 6.69. The Bertz CT molecular complexity index is 1020. The van der Waals surface area contributed by atoms with Crippen LogP contribution in [0.5, 0.6) is 0 Å². The molecule has 1 fully saturated rings. The van der Waals surface area contributed by atoms with Crippen molar-refractivity contribution in [2.24, 2.45) is 5.73 Å². The minimum Gasteiger partial charge on any atom is -0.402 e. The van der Waals surface area contributed by atoms with Crippen molar-refractivity contribution in [3.8, 4) is 0 Å². The van der Waals surface area contributed by atoms with E-state index in [1.165, 1.54) is 18.0 Å². The number of aromatic nitrogens is 2. The number of rotatable bonds is 12. The standard InChI is InChI=1S/C26H37BN4O5/c1-25(2)26(3,4)36-27(35-25)20(13-9-12-18-10-7-6-8-11-18)31-24(33)19(14-17-34-5)21-22(23(28)32)30-16-15-29-21/h6-8,10-11,15-16,19-20H,9,12-14,17H2,1-5H3,(H2,28,32)(H,31,33)/t19-,20+/m1/s1. The number of benzene rings is 1. The first-order chi connectivity index (χ1) is 17.1. The highest BCUT2D eigenvalue weighted by Crippen LogP contribution is 2.38.